The van der Waals surface area contributed by atoms with E-state index in [-0.39, 0.29) is 23.3 Å². The van der Waals surface area contributed by atoms with Gasteiger partial charge in [0.2, 0.25) is 0 Å². The minimum Gasteiger partial charge on any atom is -0.344 e. The van der Waals surface area contributed by atoms with Crippen LogP contribution in [0.3, 0.4) is 0 Å². The molecular formula is C24H33N3O3S. The van der Waals surface area contributed by atoms with Crippen LogP contribution in [0.15, 0.2) is 36.4 Å². The van der Waals surface area contributed by atoms with Crippen LogP contribution >= 0.6 is 0 Å². The molecule has 1 aromatic carbocycles. The van der Waals surface area contributed by atoms with Gasteiger partial charge in [0.25, 0.3) is 0 Å². The van der Waals surface area contributed by atoms with Gasteiger partial charge in [-0.05, 0) is 45.4 Å². The number of hydrogen-bond acceptors (Lipinski definition) is 5. The molecule has 0 amide bonds. The molecule has 0 saturated carbocycles. The van der Waals surface area contributed by atoms with Gasteiger partial charge < -0.3 is 4.57 Å². The van der Waals surface area contributed by atoms with Crippen LogP contribution in [-0.2, 0) is 16.4 Å². The van der Waals surface area contributed by atoms with Crippen molar-refractivity contribution in [2.75, 3.05) is 38.2 Å². The lowest BCUT2D eigenvalue weighted by molar-refractivity contribution is 0.0939. The molecule has 168 valence electrons. The Hall–Kier alpha value is -1.96. The van der Waals surface area contributed by atoms with Gasteiger partial charge in [-0.1, -0.05) is 30.3 Å². The Bertz CT molecular complexity index is 1050. The predicted octanol–water partition coefficient (Wildman–Crippen LogP) is 2.85. The van der Waals surface area contributed by atoms with E-state index in [0.717, 1.165) is 43.0 Å². The Morgan fingerprint density at radius 1 is 1.16 bits per heavy atom. The fraction of sp³-hybridized carbons (Fsp3) is 0.542. The van der Waals surface area contributed by atoms with Gasteiger partial charge in [-0.25, -0.2) is 8.42 Å². The van der Waals surface area contributed by atoms with E-state index in [0.29, 0.717) is 19.0 Å². The summed E-state index contributed by atoms with van der Waals surface area (Å²) < 4.78 is 25.9. The number of likely N-dealkylation sites (tertiary alicyclic amines) is 1. The van der Waals surface area contributed by atoms with Crippen molar-refractivity contribution in [3.63, 3.8) is 0 Å². The highest BCUT2D eigenvalue weighted by atomic mass is 32.2. The molecule has 2 saturated heterocycles. The molecule has 0 aliphatic carbocycles. The van der Waals surface area contributed by atoms with Crippen molar-refractivity contribution < 1.29 is 13.2 Å². The van der Waals surface area contributed by atoms with Crippen molar-refractivity contribution in [3.8, 4) is 0 Å². The maximum absolute atomic E-state index is 13.1. The Kier molecular flexibility index (Phi) is 6.37. The maximum atomic E-state index is 13.1. The van der Waals surface area contributed by atoms with Crippen LogP contribution in [0.25, 0.3) is 0 Å². The van der Waals surface area contributed by atoms with Crippen molar-refractivity contribution in [1.29, 1.82) is 0 Å². The van der Waals surface area contributed by atoms with Crippen LogP contribution in [-0.4, -0.2) is 72.8 Å². The molecule has 2 aliphatic heterocycles. The van der Waals surface area contributed by atoms with E-state index in [1.54, 1.807) is 0 Å². The van der Waals surface area contributed by atoms with E-state index in [1.165, 1.54) is 5.56 Å². The highest BCUT2D eigenvalue weighted by Crippen LogP contribution is 2.29. The molecule has 31 heavy (non-hydrogen) atoms. The Morgan fingerprint density at radius 2 is 1.90 bits per heavy atom. The summed E-state index contributed by atoms with van der Waals surface area (Å²) in [7, 11) is -0.803. The average Bonchev–Trinajstić information content (AvgIpc) is 3.40. The lowest BCUT2D eigenvalue weighted by Crippen LogP contribution is -2.35. The summed E-state index contributed by atoms with van der Waals surface area (Å²) in [6, 6.07) is 12.8. The van der Waals surface area contributed by atoms with Crippen LogP contribution < -0.4 is 0 Å². The molecule has 0 N–H and O–H groups in total. The third kappa shape index (κ3) is 4.94. The number of aryl methyl sites for hydroxylation is 1. The summed E-state index contributed by atoms with van der Waals surface area (Å²) in [5.74, 6) is 0.550. The highest BCUT2D eigenvalue weighted by molar-refractivity contribution is 7.91. The lowest BCUT2D eigenvalue weighted by Gasteiger charge is -2.24. The third-order valence-electron chi connectivity index (χ3n) is 6.87. The second-order valence-electron chi connectivity index (χ2n) is 9.21. The van der Waals surface area contributed by atoms with Gasteiger partial charge in [0.1, 0.15) is 0 Å². The van der Waals surface area contributed by atoms with Crippen molar-refractivity contribution >= 4 is 15.6 Å². The van der Waals surface area contributed by atoms with Gasteiger partial charge in [0, 0.05) is 48.7 Å². The summed E-state index contributed by atoms with van der Waals surface area (Å²) in [5.41, 5.74) is 3.93. The molecule has 2 unspecified atom stereocenters. The van der Waals surface area contributed by atoms with Crippen LogP contribution in [0.5, 0.6) is 0 Å². The molecule has 0 bridgehead atoms. The minimum absolute atomic E-state index is 0.0469. The van der Waals surface area contributed by atoms with E-state index < -0.39 is 9.84 Å². The maximum Gasteiger partial charge on any atom is 0.178 e. The number of carbonyl (C=O) groups excluding carboxylic acids is 1. The summed E-state index contributed by atoms with van der Waals surface area (Å²) >= 11 is 0. The second kappa shape index (κ2) is 8.88. The van der Waals surface area contributed by atoms with E-state index in [1.807, 2.05) is 26.0 Å². The van der Waals surface area contributed by atoms with Crippen LogP contribution in [0.2, 0.25) is 0 Å². The number of ketones is 1. The number of hydrogen-bond donors (Lipinski definition) is 0. The molecule has 1 aromatic heterocycles. The Balaban J connectivity index is 1.37. The quantitative estimate of drug-likeness (QED) is 0.616. The van der Waals surface area contributed by atoms with Gasteiger partial charge in [-0.2, -0.15) is 0 Å². The minimum atomic E-state index is -2.96. The number of likely N-dealkylation sites (N-methyl/N-ethyl adjacent to an activating group) is 1. The van der Waals surface area contributed by atoms with E-state index in [9.17, 15) is 13.2 Å². The summed E-state index contributed by atoms with van der Waals surface area (Å²) in [6.07, 6.45) is 1.70. The van der Waals surface area contributed by atoms with Gasteiger partial charge >= 0.3 is 0 Å². The zero-order valence-electron chi connectivity index (χ0n) is 18.8. The number of aromatic nitrogens is 1. The third-order valence-corrected chi connectivity index (χ3v) is 8.62. The van der Waals surface area contributed by atoms with Crippen molar-refractivity contribution in [2.45, 2.75) is 45.3 Å². The van der Waals surface area contributed by atoms with Gasteiger partial charge in [-0.3, -0.25) is 14.6 Å². The second-order valence-corrected chi connectivity index (χ2v) is 11.4. The number of benzene rings is 1. The largest absolute Gasteiger partial charge is 0.344 e. The molecule has 2 aliphatic rings. The number of carbonyl (C=O) groups is 1. The zero-order valence-corrected chi connectivity index (χ0v) is 19.6. The first-order chi connectivity index (χ1) is 14.7. The number of nitrogens with zero attached hydrogens (tertiary/aromatic N) is 3. The van der Waals surface area contributed by atoms with Crippen LogP contribution in [0.1, 0.15) is 46.2 Å². The first-order valence-corrected chi connectivity index (χ1v) is 12.9. The number of sulfone groups is 1. The van der Waals surface area contributed by atoms with Gasteiger partial charge in [0.15, 0.2) is 15.6 Å². The molecule has 3 heterocycles. The predicted molar refractivity (Wildman–Crippen MR) is 123 cm³/mol. The van der Waals surface area contributed by atoms with Crippen molar-refractivity contribution in [2.24, 2.45) is 0 Å². The summed E-state index contributed by atoms with van der Waals surface area (Å²) in [4.78, 5) is 17.7. The molecular weight excluding hydrogens is 410 g/mol. The lowest BCUT2D eigenvalue weighted by atomic mass is 10.1. The van der Waals surface area contributed by atoms with Crippen LogP contribution in [0.4, 0.5) is 0 Å². The fourth-order valence-electron chi connectivity index (χ4n) is 5.20. The fourth-order valence-corrected chi connectivity index (χ4v) is 6.90. The summed E-state index contributed by atoms with van der Waals surface area (Å²) in [6.45, 7) is 7.08. The van der Waals surface area contributed by atoms with Crippen molar-refractivity contribution in [3.05, 3.63) is 58.9 Å². The molecule has 2 atom stereocenters. The SMILES string of the molecule is Cc1cc(C(=O)CN2CCC(N(C)Cc3ccccc3)C2)c(C)n1C1CCS(=O)(=O)C1. The van der Waals surface area contributed by atoms with Gasteiger partial charge in [-0.15, -0.1) is 0 Å². The zero-order chi connectivity index (χ0) is 22.2. The molecule has 6 nitrogen and oxygen atoms in total. The molecule has 2 aromatic rings. The standard InChI is InChI=1S/C24H33N3O3S/c1-18-13-23(19(2)27(18)22-10-12-31(29,30)17-22)24(28)16-26-11-9-21(15-26)25(3)14-20-7-5-4-6-8-20/h4-8,13,21-22H,9-12,14-17H2,1-3H3. The molecule has 0 radical (unpaired) electrons. The molecule has 2 fully saturated rings. The first kappa shape index (κ1) is 22.2. The smallest absolute Gasteiger partial charge is 0.178 e. The molecule has 0 spiro atoms. The monoisotopic (exact) mass is 443 g/mol. The normalized spacial score (nSPS) is 23.6. The Morgan fingerprint density at radius 3 is 2.58 bits per heavy atom. The van der Waals surface area contributed by atoms with E-state index >= 15 is 0 Å². The van der Waals surface area contributed by atoms with E-state index in [2.05, 4.69) is 45.7 Å². The van der Waals surface area contributed by atoms with Crippen LogP contribution in [0, 0.1) is 13.8 Å². The van der Waals surface area contributed by atoms with E-state index in [4.69, 9.17) is 0 Å². The Labute approximate surface area is 185 Å². The number of rotatable bonds is 7. The highest BCUT2D eigenvalue weighted by Gasteiger charge is 2.32. The topological polar surface area (TPSA) is 62.6 Å². The number of Topliss-reactive ketones (excluding diaryl/α,β-unsaturated/α-hetero) is 1. The first-order valence-electron chi connectivity index (χ1n) is 11.1. The van der Waals surface area contributed by atoms with Crippen molar-refractivity contribution in [1.82, 2.24) is 14.4 Å². The van der Waals surface area contributed by atoms with Gasteiger partial charge in [0.05, 0.1) is 18.1 Å². The average molecular weight is 444 g/mol. The summed E-state index contributed by atoms with van der Waals surface area (Å²) in [5, 5.41) is 0. The molecule has 7 heteroatoms. The molecule has 4 rings (SSSR count).